The number of aldehydes is 1. The summed E-state index contributed by atoms with van der Waals surface area (Å²) in [6.45, 7) is 1.64. The highest BCUT2D eigenvalue weighted by molar-refractivity contribution is 7.91. The second-order valence-corrected chi connectivity index (χ2v) is 10.8. The van der Waals surface area contributed by atoms with Crippen molar-refractivity contribution in [1.29, 1.82) is 0 Å². The van der Waals surface area contributed by atoms with Gasteiger partial charge in [0.15, 0.2) is 0 Å². The topological polar surface area (TPSA) is 123 Å². The standard InChI is InChI=1S/C8H14O4S.C6H10O3S/c1-6(8(9)10)7-2-4-13(11,12)5-3-7;7-5-6-1-3-10(8,9)4-2-6/h6-7H,2-5H2,1H3,(H,9,10);5-6H,1-4H2. The highest BCUT2D eigenvalue weighted by Crippen LogP contribution is 2.26. The highest BCUT2D eigenvalue weighted by Gasteiger charge is 2.30. The Kier molecular flexibility index (Phi) is 7.19. The molecule has 2 rings (SSSR count). The van der Waals surface area contributed by atoms with Gasteiger partial charge < -0.3 is 9.90 Å². The van der Waals surface area contributed by atoms with E-state index in [2.05, 4.69) is 0 Å². The van der Waals surface area contributed by atoms with Crippen LogP contribution in [0.5, 0.6) is 0 Å². The van der Waals surface area contributed by atoms with Gasteiger partial charge in [-0.3, -0.25) is 4.79 Å². The van der Waals surface area contributed by atoms with Crippen LogP contribution in [0.3, 0.4) is 0 Å². The molecule has 0 aromatic carbocycles. The molecule has 23 heavy (non-hydrogen) atoms. The van der Waals surface area contributed by atoms with E-state index in [9.17, 15) is 26.4 Å². The van der Waals surface area contributed by atoms with E-state index in [0.717, 1.165) is 6.29 Å². The van der Waals surface area contributed by atoms with Gasteiger partial charge in [0, 0.05) is 5.92 Å². The smallest absolute Gasteiger partial charge is 0.306 e. The third-order valence-electron chi connectivity index (χ3n) is 4.49. The normalized spacial score (nSPS) is 25.6. The largest absolute Gasteiger partial charge is 0.481 e. The van der Waals surface area contributed by atoms with Gasteiger partial charge in [-0.2, -0.15) is 0 Å². The minimum atomic E-state index is -2.87. The lowest BCUT2D eigenvalue weighted by Gasteiger charge is -2.24. The molecule has 0 aromatic heterocycles. The van der Waals surface area contributed by atoms with Gasteiger partial charge in [0.2, 0.25) is 0 Å². The minimum Gasteiger partial charge on any atom is -0.481 e. The molecule has 0 amide bonds. The second-order valence-electron chi connectivity index (χ2n) is 6.24. The van der Waals surface area contributed by atoms with E-state index in [1.165, 1.54) is 0 Å². The van der Waals surface area contributed by atoms with E-state index in [1.807, 2.05) is 0 Å². The molecular weight excluding hydrogens is 344 g/mol. The first-order chi connectivity index (χ1) is 10.6. The van der Waals surface area contributed by atoms with E-state index in [0.29, 0.717) is 25.7 Å². The quantitative estimate of drug-likeness (QED) is 0.721. The fraction of sp³-hybridized carbons (Fsp3) is 0.857. The lowest BCUT2D eigenvalue weighted by Crippen LogP contribution is -2.30. The van der Waals surface area contributed by atoms with Gasteiger partial charge in [-0.05, 0) is 31.6 Å². The summed E-state index contributed by atoms with van der Waals surface area (Å²) in [6.07, 6.45) is 2.89. The van der Waals surface area contributed by atoms with Crippen molar-refractivity contribution in [1.82, 2.24) is 0 Å². The van der Waals surface area contributed by atoms with Crippen LogP contribution in [0, 0.1) is 17.8 Å². The first-order valence-corrected chi connectivity index (χ1v) is 11.3. The molecule has 2 saturated heterocycles. The van der Waals surface area contributed by atoms with E-state index in [4.69, 9.17) is 5.11 Å². The third-order valence-corrected chi connectivity index (χ3v) is 7.92. The minimum absolute atomic E-state index is 0.0106. The Bertz CT molecular complexity index is 594. The van der Waals surface area contributed by atoms with Gasteiger partial charge in [-0.1, -0.05) is 6.92 Å². The molecule has 2 aliphatic heterocycles. The number of carbonyl (C=O) groups is 2. The molecule has 0 spiro atoms. The van der Waals surface area contributed by atoms with Gasteiger partial charge in [-0.25, -0.2) is 16.8 Å². The van der Waals surface area contributed by atoms with Gasteiger partial charge >= 0.3 is 5.97 Å². The number of hydrogen-bond donors (Lipinski definition) is 1. The average molecular weight is 368 g/mol. The van der Waals surface area contributed by atoms with Gasteiger partial charge in [0.1, 0.15) is 26.0 Å². The molecule has 0 radical (unpaired) electrons. The van der Waals surface area contributed by atoms with Gasteiger partial charge in [0.05, 0.1) is 28.9 Å². The monoisotopic (exact) mass is 368 g/mol. The van der Waals surface area contributed by atoms with Crippen molar-refractivity contribution in [2.24, 2.45) is 17.8 Å². The summed E-state index contributed by atoms with van der Waals surface area (Å²) in [5, 5.41) is 8.71. The Morgan fingerprint density at radius 1 is 0.957 bits per heavy atom. The number of carboxylic acid groups (broad SMARTS) is 1. The summed E-state index contributed by atoms with van der Waals surface area (Å²) in [5.74, 6) is -0.554. The van der Waals surface area contributed by atoms with Crippen LogP contribution in [0.25, 0.3) is 0 Å². The maximum Gasteiger partial charge on any atom is 0.306 e. The maximum atomic E-state index is 11.0. The fourth-order valence-electron chi connectivity index (χ4n) is 2.65. The van der Waals surface area contributed by atoms with Crippen LogP contribution < -0.4 is 0 Å². The van der Waals surface area contributed by atoms with Crippen LogP contribution >= 0.6 is 0 Å². The molecule has 0 aliphatic carbocycles. The maximum absolute atomic E-state index is 11.0. The van der Waals surface area contributed by atoms with Crippen molar-refractivity contribution >= 4 is 31.9 Å². The van der Waals surface area contributed by atoms with E-state index < -0.39 is 31.6 Å². The van der Waals surface area contributed by atoms with Crippen LogP contribution in [-0.2, 0) is 29.3 Å². The molecule has 0 saturated carbocycles. The molecule has 2 heterocycles. The SMILES string of the molecule is CC(C(=O)O)C1CCS(=O)(=O)CC1.O=CC1CCS(=O)(=O)CC1. The number of sulfone groups is 2. The van der Waals surface area contributed by atoms with Crippen LogP contribution in [0.2, 0.25) is 0 Å². The predicted molar refractivity (Wildman–Crippen MR) is 85.6 cm³/mol. The van der Waals surface area contributed by atoms with Gasteiger partial charge in [-0.15, -0.1) is 0 Å². The van der Waals surface area contributed by atoms with E-state index in [-0.39, 0.29) is 34.8 Å². The van der Waals surface area contributed by atoms with Crippen molar-refractivity contribution < 1.29 is 31.5 Å². The summed E-state index contributed by atoms with van der Waals surface area (Å²) < 4.78 is 43.7. The van der Waals surface area contributed by atoms with Gasteiger partial charge in [0.25, 0.3) is 0 Å². The molecule has 134 valence electrons. The van der Waals surface area contributed by atoms with Crippen molar-refractivity contribution in [3.63, 3.8) is 0 Å². The van der Waals surface area contributed by atoms with Crippen LogP contribution in [-0.4, -0.2) is 57.2 Å². The van der Waals surface area contributed by atoms with Crippen LogP contribution in [0.4, 0.5) is 0 Å². The molecular formula is C14H24O7S2. The zero-order valence-electron chi connectivity index (χ0n) is 13.2. The molecule has 0 bridgehead atoms. The first kappa shape index (κ1) is 20.1. The summed E-state index contributed by atoms with van der Waals surface area (Å²) in [7, 11) is -5.65. The van der Waals surface area contributed by atoms with Crippen molar-refractivity contribution in [2.45, 2.75) is 32.6 Å². The Hall–Kier alpha value is -0.960. The van der Waals surface area contributed by atoms with E-state index in [1.54, 1.807) is 6.92 Å². The lowest BCUT2D eigenvalue weighted by atomic mass is 9.89. The molecule has 1 unspecified atom stereocenters. The summed E-state index contributed by atoms with van der Waals surface area (Å²) in [6, 6.07) is 0. The first-order valence-electron chi connectivity index (χ1n) is 7.65. The highest BCUT2D eigenvalue weighted by atomic mass is 32.2. The number of rotatable bonds is 3. The molecule has 2 aliphatic rings. The summed E-state index contributed by atoms with van der Waals surface area (Å²) in [4.78, 5) is 20.8. The van der Waals surface area contributed by atoms with Crippen molar-refractivity contribution in [3.8, 4) is 0 Å². The number of hydrogen-bond acceptors (Lipinski definition) is 6. The Morgan fingerprint density at radius 3 is 1.70 bits per heavy atom. The zero-order valence-corrected chi connectivity index (χ0v) is 14.8. The van der Waals surface area contributed by atoms with Crippen molar-refractivity contribution in [3.05, 3.63) is 0 Å². The predicted octanol–water partition coefficient (Wildman–Crippen LogP) is 0.542. The lowest BCUT2D eigenvalue weighted by molar-refractivity contribution is -0.143. The van der Waals surface area contributed by atoms with Crippen molar-refractivity contribution in [2.75, 3.05) is 23.0 Å². The average Bonchev–Trinajstić information content (AvgIpc) is 2.47. The third kappa shape index (κ3) is 6.99. The molecule has 1 N–H and O–H groups in total. The Morgan fingerprint density at radius 2 is 1.35 bits per heavy atom. The number of aliphatic carboxylic acids is 1. The number of carbonyl (C=O) groups excluding carboxylic acids is 1. The van der Waals surface area contributed by atoms with Crippen LogP contribution in [0.15, 0.2) is 0 Å². The van der Waals surface area contributed by atoms with Crippen LogP contribution in [0.1, 0.15) is 32.6 Å². The Balaban J connectivity index is 0.000000238. The Labute approximate surface area is 137 Å². The fourth-order valence-corrected chi connectivity index (χ4v) is 5.71. The summed E-state index contributed by atoms with van der Waals surface area (Å²) >= 11 is 0. The van der Waals surface area contributed by atoms with E-state index >= 15 is 0 Å². The molecule has 2 fully saturated rings. The number of carboxylic acids is 1. The molecule has 0 aromatic rings. The molecule has 1 atom stereocenters. The summed E-state index contributed by atoms with van der Waals surface area (Å²) in [5.41, 5.74) is 0. The molecule has 9 heteroatoms. The zero-order chi connectivity index (χ0) is 17.7. The molecule has 7 nitrogen and oxygen atoms in total. The second kappa shape index (κ2) is 8.23.